The quantitative estimate of drug-likeness (QED) is 0.762. The van der Waals surface area contributed by atoms with Gasteiger partial charge in [-0.1, -0.05) is 6.42 Å². The fourth-order valence-electron chi connectivity index (χ4n) is 2.83. The van der Waals surface area contributed by atoms with E-state index in [4.69, 9.17) is 4.74 Å². The molecule has 0 aromatic carbocycles. The van der Waals surface area contributed by atoms with Crippen LogP contribution in [0.3, 0.4) is 0 Å². The topological polar surface area (TPSA) is 24.5 Å². The number of hydrogen-bond donors (Lipinski definition) is 1. The van der Waals surface area contributed by atoms with Gasteiger partial charge in [-0.2, -0.15) is 0 Å². The van der Waals surface area contributed by atoms with Crippen LogP contribution in [0.25, 0.3) is 0 Å². The van der Waals surface area contributed by atoms with Crippen molar-refractivity contribution in [1.82, 2.24) is 10.2 Å². The van der Waals surface area contributed by atoms with Gasteiger partial charge in [-0.25, -0.2) is 0 Å². The van der Waals surface area contributed by atoms with E-state index in [9.17, 15) is 0 Å². The molecule has 3 nitrogen and oxygen atoms in total. The minimum absolute atomic E-state index is 0.141. The largest absolute Gasteiger partial charge is 0.377 e. The molecule has 1 N–H and O–H groups in total. The van der Waals surface area contributed by atoms with Gasteiger partial charge in [0.1, 0.15) is 0 Å². The molecule has 0 atom stereocenters. The summed E-state index contributed by atoms with van der Waals surface area (Å²) < 4.78 is 5.80. The predicted molar refractivity (Wildman–Crippen MR) is 62.1 cm³/mol. The third-order valence-electron chi connectivity index (χ3n) is 3.91. The lowest BCUT2D eigenvalue weighted by atomic mass is 9.91. The van der Waals surface area contributed by atoms with Crippen LogP contribution >= 0.6 is 0 Å². The first-order valence-electron chi connectivity index (χ1n) is 6.33. The van der Waals surface area contributed by atoms with E-state index in [-0.39, 0.29) is 5.60 Å². The maximum absolute atomic E-state index is 5.80. The minimum atomic E-state index is 0.141. The molecule has 3 heteroatoms. The fraction of sp³-hybridized carbons (Fsp3) is 1.00. The molecule has 2 saturated heterocycles. The van der Waals surface area contributed by atoms with Crippen molar-refractivity contribution in [2.45, 2.75) is 37.7 Å². The van der Waals surface area contributed by atoms with Gasteiger partial charge in [0.15, 0.2) is 0 Å². The van der Waals surface area contributed by atoms with Gasteiger partial charge in [-0.3, -0.25) is 0 Å². The summed E-state index contributed by atoms with van der Waals surface area (Å²) >= 11 is 0. The van der Waals surface area contributed by atoms with E-state index in [0.29, 0.717) is 0 Å². The molecule has 0 radical (unpaired) electrons. The van der Waals surface area contributed by atoms with E-state index in [1.165, 1.54) is 45.2 Å². The van der Waals surface area contributed by atoms with E-state index < -0.39 is 0 Å². The van der Waals surface area contributed by atoms with Crippen molar-refractivity contribution in [3.63, 3.8) is 0 Å². The normalized spacial score (nSPS) is 27.8. The molecule has 0 aromatic heterocycles. The van der Waals surface area contributed by atoms with Crippen LogP contribution < -0.4 is 5.32 Å². The van der Waals surface area contributed by atoms with E-state index in [0.717, 1.165) is 19.6 Å². The van der Waals surface area contributed by atoms with Gasteiger partial charge in [0.05, 0.1) is 5.60 Å². The Hall–Kier alpha value is -0.120. The second kappa shape index (κ2) is 5.28. The van der Waals surface area contributed by atoms with E-state index in [1.54, 1.807) is 0 Å². The van der Waals surface area contributed by atoms with Crippen LogP contribution in [-0.4, -0.2) is 50.3 Å². The molecule has 2 aliphatic rings. The summed E-state index contributed by atoms with van der Waals surface area (Å²) in [5.74, 6) is 0. The van der Waals surface area contributed by atoms with Crippen molar-refractivity contribution in [1.29, 1.82) is 0 Å². The second-order valence-corrected chi connectivity index (χ2v) is 4.97. The highest BCUT2D eigenvalue weighted by Crippen LogP contribution is 2.25. The number of piperidine rings is 2. The van der Waals surface area contributed by atoms with Crippen molar-refractivity contribution >= 4 is 0 Å². The van der Waals surface area contributed by atoms with Crippen LogP contribution in [0.4, 0.5) is 0 Å². The summed E-state index contributed by atoms with van der Waals surface area (Å²) in [7, 11) is 1.88. The van der Waals surface area contributed by atoms with Crippen LogP contribution in [0, 0.1) is 0 Å². The van der Waals surface area contributed by atoms with Crippen LogP contribution in [0.5, 0.6) is 0 Å². The molecule has 2 rings (SSSR count). The molecule has 2 aliphatic heterocycles. The molecule has 0 amide bonds. The molecular formula is C12H24N2O. The van der Waals surface area contributed by atoms with Crippen molar-refractivity contribution in [2.24, 2.45) is 0 Å². The lowest BCUT2D eigenvalue weighted by Crippen LogP contribution is -2.51. The first-order valence-corrected chi connectivity index (χ1v) is 6.33. The van der Waals surface area contributed by atoms with Crippen LogP contribution in [0.1, 0.15) is 32.1 Å². The first-order chi connectivity index (χ1) is 7.35. The Morgan fingerprint density at radius 2 is 1.80 bits per heavy atom. The maximum atomic E-state index is 5.80. The lowest BCUT2D eigenvalue weighted by Gasteiger charge is -2.41. The fourth-order valence-corrected chi connectivity index (χ4v) is 2.83. The van der Waals surface area contributed by atoms with Gasteiger partial charge in [-0.15, -0.1) is 0 Å². The highest BCUT2D eigenvalue weighted by molar-refractivity contribution is 4.89. The number of ether oxygens (including phenoxy) is 1. The number of rotatable bonds is 3. The molecule has 0 bridgehead atoms. The zero-order valence-corrected chi connectivity index (χ0v) is 9.93. The minimum Gasteiger partial charge on any atom is -0.377 e. The SMILES string of the molecule is COC1(CN2CCCCC2)CCNCC1. The van der Waals surface area contributed by atoms with E-state index in [2.05, 4.69) is 10.2 Å². The monoisotopic (exact) mass is 212 g/mol. The Labute approximate surface area is 93.2 Å². The van der Waals surface area contributed by atoms with Crippen molar-refractivity contribution in [2.75, 3.05) is 39.8 Å². The van der Waals surface area contributed by atoms with Gasteiger partial charge in [0.2, 0.25) is 0 Å². The van der Waals surface area contributed by atoms with Crippen LogP contribution in [0.15, 0.2) is 0 Å². The van der Waals surface area contributed by atoms with Gasteiger partial charge in [-0.05, 0) is 51.9 Å². The average molecular weight is 212 g/mol. The average Bonchev–Trinajstić information content (AvgIpc) is 2.32. The number of hydrogen-bond acceptors (Lipinski definition) is 3. The van der Waals surface area contributed by atoms with Gasteiger partial charge in [0, 0.05) is 13.7 Å². The highest BCUT2D eigenvalue weighted by Gasteiger charge is 2.33. The Kier molecular flexibility index (Phi) is 4.00. The molecule has 0 saturated carbocycles. The van der Waals surface area contributed by atoms with E-state index in [1.807, 2.05) is 7.11 Å². The second-order valence-electron chi connectivity index (χ2n) is 4.97. The summed E-state index contributed by atoms with van der Waals surface area (Å²) in [6.07, 6.45) is 6.49. The Morgan fingerprint density at radius 1 is 1.13 bits per heavy atom. The van der Waals surface area contributed by atoms with Crippen LogP contribution in [0.2, 0.25) is 0 Å². The smallest absolute Gasteiger partial charge is 0.0829 e. The molecule has 0 unspecified atom stereocenters. The number of nitrogens with one attached hydrogen (secondary N) is 1. The molecule has 88 valence electrons. The summed E-state index contributed by atoms with van der Waals surface area (Å²) in [6, 6.07) is 0. The number of likely N-dealkylation sites (tertiary alicyclic amines) is 1. The summed E-state index contributed by atoms with van der Waals surface area (Å²) in [6.45, 7) is 5.92. The van der Waals surface area contributed by atoms with Crippen molar-refractivity contribution < 1.29 is 4.74 Å². The molecule has 0 spiro atoms. The van der Waals surface area contributed by atoms with E-state index >= 15 is 0 Å². The molecular weight excluding hydrogens is 188 g/mol. The standard InChI is InChI=1S/C12H24N2O/c1-15-12(5-7-13-8-6-12)11-14-9-3-2-4-10-14/h13H,2-11H2,1H3. The predicted octanol–water partition coefficient (Wildman–Crippen LogP) is 1.24. The number of nitrogens with zero attached hydrogens (tertiary/aromatic N) is 1. The van der Waals surface area contributed by atoms with Gasteiger partial charge < -0.3 is 15.0 Å². The van der Waals surface area contributed by atoms with Crippen molar-refractivity contribution in [3.05, 3.63) is 0 Å². The molecule has 0 aliphatic carbocycles. The molecule has 2 fully saturated rings. The summed E-state index contributed by atoms with van der Waals surface area (Å²) in [5, 5.41) is 3.41. The summed E-state index contributed by atoms with van der Waals surface area (Å²) in [4.78, 5) is 2.60. The van der Waals surface area contributed by atoms with Gasteiger partial charge in [0.25, 0.3) is 0 Å². The Morgan fingerprint density at radius 3 is 2.40 bits per heavy atom. The van der Waals surface area contributed by atoms with Crippen LogP contribution in [-0.2, 0) is 4.74 Å². The third kappa shape index (κ3) is 2.92. The molecule has 0 aromatic rings. The first kappa shape index (κ1) is 11.4. The summed E-state index contributed by atoms with van der Waals surface area (Å²) in [5.41, 5.74) is 0.141. The Balaban J connectivity index is 1.87. The zero-order chi connectivity index (χ0) is 10.6. The van der Waals surface area contributed by atoms with Gasteiger partial charge >= 0.3 is 0 Å². The zero-order valence-electron chi connectivity index (χ0n) is 9.93. The molecule has 15 heavy (non-hydrogen) atoms. The molecule has 2 heterocycles. The maximum Gasteiger partial charge on any atom is 0.0829 e. The lowest BCUT2D eigenvalue weighted by molar-refractivity contribution is -0.0596. The van der Waals surface area contributed by atoms with Crippen molar-refractivity contribution in [3.8, 4) is 0 Å². The highest BCUT2D eigenvalue weighted by atomic mass is 16.5. The third-order valence-corrected chi connectivity index (χ3v) is 3.91. The number of methoxy groups -OCH3 is 1. The Bertz CT molecular complexity index is 184.